The largest absolute Gasteiger partial charge is 0.463 e. The molecule has 0 aromatic heterocycles. The van der Waals surface area contributed by atoms with Gasteiger partial charge in [0.15, 0.2) is 5.78 Å². The summed E-state index contributed by atoms with van der Waals surface area (Å²) in [5.74, 6) is -0.515. The number of hydrogen-bond acceptors (Lipinski definition) is 4. The second-order valence-electron chi connectivity index (χ2n) is 5.69. The van der Waals surface area contributed by atoms with Crippen LogP contribution >= 0.6 is 0 Å². The first kappa shape index (κ1) is 14.0. The van der Waals surface area contributed by atoms with Crippen molar-refractivity contribution in [2.45, 2.75) is 39.7 Å². The third-order valence-corrected chi connectivity index (χ3v) is 4.53. The van der Waals surface area contributed by atoms with Gasteiger partial charge in [0.05, 0.1) is 6.61 Å². The zero-order valence-electron chi connectivity index (χ0n) is 11.8. The van der Waals surface area contributed by atoms with E-state index in [1.807, 2.05) is 6.92 Å². The summed E-state index contributed by atoms with van der Waals surface area (Å²) in [5, 5.41) is 11.0. The summed E-state index contributed by atoms with van der Waals surface area (Å²) in [6, 6.07) is 0. The van der Waals surface area contributed by atoms with Gasteiger partial charge in [0.2, 0.25) is 0 Å². The van der Waals surface area contributed by atoms with Crippen molar-refractivity contribution in [1.29, 1.82) is 0 Å². The molecule has 3 atom stereocenters. The number of allylic oxidation sites excluding steroid dienone is 1. The molecule has 4 nitrogen and oxygen atoms in total. The Morgan fingerprint density at radius 1 is 1.63 bits per heavy atom. The van der Waals surface area contributed by atoms with E-state index in [9.17, 15) is 14.7 Å². The SMILES string of the molecule is CCOC(=O)/C=C(/C)C1(O)C(C)=CC(=O)C2CC21C. The Bertz CT molecular complexity index is 502. The number of esters is 1. The summed E-state index contributed by atoms with van der Waals surface area (Å²) < 4.78 is 4.87. The van der Waals surface area contributed by atoms with Crippen LogP contribution in [0.2, 0.25) is 0 Å². The van der Waals surface area contributed by atoms with Gasteiger partial charge in [0.25, 0.3) is 0 Å². The zero-order valence-corrected chi connectivity index (χ0v) is 11.8. The quantitative estimate of drug-likeness (QED) is 0.623. The molecule has 2 rings (SSSR count). The second-order valence-corrected chi connectivity index (χ2v) is 5.69. The minimum absolute atomic E-state index is 0.0774. The third-order valence-electron chi connectivity index (χ3n) is 4.53. The first-order valence-corrected chi connectivity index (χ1v) is 6.58. The van der Waals surface area contributed by atoms with Crippen LogP contribution in [-0.4, -0.2) is 29.1 Å². The molecule has 0 aliphatic heterocycles. The molecule has 2 aliphatic carbocycles. The Morgan fingerprint density at radius 2 is 2.26 bits per heavy atom. The van der Waals surface area contributed by atoms with Crippen LogP contribution in [0.25, 0.3) is 0 Å². The number of aliphatic hydroxyl groups is 1. The molecule has 0 aromatic carbocycles. The smallest absolute Gasteiger partial charge is 0.330 e. The molecular weight excluding hydrogens is 244 g/mol. The summed E-state index contributed by atoms with van der Waals surface area (Å²) >= 11 is 0. The number of ether oxygens (including phenoxy) is 1. The van der Waals surface area contributed by atoms with Crippen LogP contribution in [0.4, 0.5) is 0 Å². The Kier molecular flexibility index (Phi) is 3.17. The molecule has 4 heteroatoms. The van der Waals surface area contributed by atoms with Crippen LogP contribution in [0.15, 0.2) is 23.3 Å². The lowest BCUT2D eigenvalue weighted by atomic mass is 9.70. The van der Waals surface area contributed by atoms with Crippen molar-refractivity contribution in [2.75, 3.05) is 6.61 Å². The molecule has 0 amide bonds. The van der Waals surface area contributed by atoms with Crippen molar-refractivity contribution in [3.63, 3.8) is 0 Å². The highest BCUT2D eigenvalue weighted by Crippen LogP contribution is 2.65. The Morgan fingerprint density at radius 3 is 2.84 bits per heavy atom. The fourth-order valence-electron chi connectivity index (χ4n) is 3.27. The standard InChI is InChI=1S/C15H20O4/c1-5-19-13(17)7-10(3)15(18)9(2)6-12(16)11-8-14(11,15)4/h6-7,11,18H,5,8H2,1-4H3/b10-7-. The molecule has 0 radical (unpaired) electrons. The number of ketones is 1. The van der Waals surface area contributed by atoms with Crippen LogP contribution in [-0.2, 0) is 14.3 Å². The Balaban J connectivity index is 2.39. The highest BCUT2D eigenvalue weighted by atomic mass is 16.5. The van der Waals surface area contributed by atoms with Crippen LogP contribution in [0.3, 0.4) is 0 Å². The van der Waals surface area contributed by atoms with Crippen LogP contribution < -0.4 is 0 Å². The molecule has 1 N–H and O–H groups in total. The minimum Gasteiger partial charge on any atom is -0.463 e. The summed E-state index contributed by atoms with van der Waals surface area (Å²) in [7, 11) is 0. The lowest BCUT2D eigenvalue weighted by molar-refractivity contribution is -0.137. The van der Waals surface area contributed by atoms with Crippen LogP contribution in [0.1, 0.15) is 34.1 Å². The third kappa shape index (κ3) is 1.86. The normalized spacial score (nSPS) is 37.5. The van der Waals surface area contributed by atoms with Gasteiger partial charge in [-0.05, 0) is 44.4 Å². The van der Waals surface area contributed by atoms with Gasteiger partial charge in [-0.2, -0.15) is 0 Å². The number of hydrogen-bond donors (Lipinski definition) is 1. The van der Waals surface area contributed by atoms with E-state index in [1.165, 1.54) is 12.2 Å². The topological polar surface area (TPSA) is 63.6 Å². The number of carbonyl (C=O) groups excluding carboxylic acids is 2. The van der Waals surface area contributed by atoms with Crippen LogP contribution in [0, 0.1) is 11.3 Å². The van der Waals surface area contributed by atoms with E-state index in [1.54, 1.807) is 20.8 Å². The molecule has 0 spiro atoms. The maximum absolute atomic E-state index is 11.8. The summed E-state index contributed by atoms with van der Waals surface area (Å²) in [6.07, 6.45) is 3.49. The van der Waals surface area contributed by atoms with Gasteiger partial charge in [-0.1, -0.05) is 6.92 Å². The average Bonchev–Trinajstić information content (AvgIpc) is 3.01. The Labute approximate surface area is 113 Å². The first-order valence-electron chi connectivity index (χ1n) is 6.58. The molecule has 0 saturated heterocycles. The van der Waals surface area contributed by atoms with Gasteiger partial charge in [-0.15, -0.1) is 0 Å². The maximum Gasteiger partial charge on any atom is 0.330 e. The van der Waals surface area contributed by atoms with E-state index in [0.717, 1.165) is 0 Å². The summed E-state index contributed by atoms with van der Waals surface area (Å²) in [6.45, 7) is 7.38. The van der Waals surface area contributed by atoms with E-state index < -0.39 is 17.0 Å². The van der Waals surface area contributed by atoms with Gasteiger partial charge in [0.1, 0.15) is 5.60 Å². The van der Waals surface area contributed by atoms with E-state index in [0.29, 0.717) is 24.2 Å². The van der Waals surface area contributed by atoms with Crippen molar-refractivity contribution in [1.82, 2.24) is 0 Å². The monoisotopic (exact) mass is 264 g/mol. The predicted octanol–water partition coefficient (Wildman–Crippen LogP) is 1.78. The highest BCUT2D eigenvalue weighted by molar-refractivity contribution is 5.98. The maximum atomic E-state index is 11.8. The van der Waals surface area contributed by atoms with Gasteiger partial charge in [0, 0.05) is 17.4 Å². The van der Waals surface area contributed by atoms with Gasteiger partial charge >= 0.3 is 5.97 Å². The molecule has 0 aromatic rings. The predicted molar refractivity (Wildman–Crippen MR) is 70.3 cm³/mol. The van der Waals surface area contributed by atoms with Gasteiger partial charge in [-0.25, -0.2) is 4.79 Å². The molecule has 3 unspecified atom stereocenters. The summed E-state index contributed by atoms with van der Waals surface area (Å²) in [4.78, 5) is 23.3. The molecule has 2 aliphatic rings. The molecular formula is C15H20O4. The lowest BCUT2D eigenvalue weighted by Crippen LogP contribution is -2.45. The zero-order chi connectivity index (χ0) is 14.4. The molecule has 0 bridgehead atoms. The highest BCUT2D eigenvalue weighted by Gasteiger charge is 2.68. The molecule has 1 saturated carbocycles. The lowest BCUT2D eigenvalue weighted by Gasteiger charge is -2.39. The van der Waals surface area contributed by atoms with Crippen molar-refractivity contribution in [3.8, 4) is 0 Å². The molecule has 0 heterocycles. The fourth-order valence-corrected chi connectivity index (χ4v) is 3.27. The van der Waals surface area contributed by atoms with E-state index >= 15 is 0 Å². The van der Waals surface area contributed by atoms with Crippen LogP contribution in [0.5, 0.6) is 0 Å². The second kappa shape index (κ2) is 4.30. The number of carbonyl (C=O) groups is 2. The molecule has 104 valence electrons. The van der Waals surface area contributed by atoms with Gasteiger partial charge < -0.3 is 9.84 Å². The number of rotatable bonds is 3. The van der Waals surface area contributed by atoms with Gasteiger partial charge in [-0.3, -0.25) is 4.79 Å². The molecule has 19 heavy (non-hydrogen) atoms. The fraction of sp³-hybridized carbons (Fsp3) is 0.600. The summed E-state index contributed by atoms with van der Waals surface area (Å²) in [5.41, 5.74) is -0.571. The van der Waals surface area contributed by atoms with E-state index in [2.05, 4.69) is 0 Å². The Hall–Kier alpha value is -1.42. The van der Waals surface area contributed by atoms with Crippen molar-refractivity contribution < 1.29 is 19.4 Å². The van der Waals surface area contributed by atoms with Crippen molar-refractivity contribution in [3.05, 3.63) is 23.3 Å². The average molecular weight is 264 g/mol. The number of fused-ring (bicyclic) bond motifs is 1. The van der Waals surface area contributed by atoms with E-state index in [4.69, 9.17) is 4.74 Å². The van der Waals surface area contributed by atoms with Crippen molar-refractivity contribution >= 4 is 11.8 Å². The molecule has 1 fully saturated rings. The minimum atomic E-state index is -1.22. The van der Waals surface area contributed by atoms with Crippen molar-refractivity contribution in [2.24, 2.45) is 11.3 Å². The first-order chi connectivity index (χ1) is 8.77. The van der Waals surface area contributed by atoms with E-state index in [-0.39, 0.29) is 11.7 Å².